The second-order valence-corrected chi connectivity index (χ2v) is 4.84. The molecule has 96 valence electrons. The smallest absolute Gasteiger partial charge is 0.0963 e. The maximum Gasteiger partial charge on any atom is 0.0963 e. The summed E-state index contributed by atoms with van der Waals surface area (Å²) in [6.45, 7) is 7.62. The van der Waals surface area contributed by atoms with Gasteiger partial charge in [0.05, 0.1) is 24.9 Å². The van der Waals surface area contributed by atoms with Crippen LogP contribution in [-0.4, -0.2) is 30.3 Å². The highest BCUT2D eigenvalue weighted by molar-refractivity contribution is 5.12. The van der Waals surface area contributed by atoms with Crippen molar-refractivity contribution in [3.63, 3.8) is 0 Å². The van der Waals surface area contributed by atoms with Crippen LogP contribution in [0, 0.1) is 0 Å². The summed E-state index contributed by atoms with van der Waals surface area (Å²) in [5.41, 5.74) is 6.56. The Bertz CT molecular complexity index is 309. The van der Waals surface area contributed by atoms with E-state index in [1.807, 2.05) is 32.9 Å². The molecule has 0 aliphatic heterocycles. The predicted octanol–water partition coefficient (Wildman–Crippen LogP) is 1.91. The molecule has 0 saturated carbocycles. The SMILES string of the molecule is CC(C)(C)OCCOC(CN)c1cccnc1. The molecule has 0 spiro atoms. The highest BCUT2D eigenvalue weighted by Crippen LogP contribution is 2.14. The van der Waals surface area contributed by atoms with Crippen molar-refractivity contribution in [3.8, 4) is 0 Å². The quantitative estimate of drug-likeness (QED) is 0.769. The van der Waals surface area contributed by atoms with E-state index in [4.69, 9.17) is 15.2 Å². The van der Waals surface area contributed by atoms with E-state index >= 15 is 0 Å². The van der Waals surface area contributed by atoms with Gasteiger partial charge in [-0.3, -0.25) is 4.98 Å². The van der Waals surface area contributed by atoms with E-state index in [1.165, 1.54) is 0 Å². The molecule has 1 aromatic rings. The van der Waals surface area contributed by atoms with E-state index in [1.54, 1.807) is 12.4 Å². The molecule has 2 N–H and O–H groups in total. The van der Waals surface area contributed by atoms with E-state index in [0.29, 0.717) is 19.8 Å². The van der Waals surface area contributed by atoms with Gasteiger partial charge < -0.3 is 15.2 Å². The zero-order chi connectivity index (χ0) is 12.7. The molecule has 1 rings (SSSR count). The highest BCUT2D eigenvalue weighted by atomic mass is 16.5. The van der Waals surface area contributed by atoms with Crippen molar-refractivity contribution in [1.82, 2.24) is 4.98 Å². The van der Waals surface area contributed by atoms with Gasteiger partial charge in [-0.2, -0.15) is 0 Å². The van der Waals surface area contributed by atoms with Crippen LogP contribution in [0.5, 0.6) is 0 Å². The Kier molecular flexibility index (Phi) is 5.55. The standard InChI is InChI=1S/C13H22N2O2/c1-13(2,3)17-8-7-16-12(9-14)11-5-4-6-15-10-11/h4-6,10,12H,7-9,14H2,1-3H3. The van der Waals surface area contributed by atoms with Gasteiger partial charge in [-0.25, -0.2) is 0 Å². The molecule has 0 fully saturated rings. The van der Waals surface area contributed by atoms with Crippen LogP contribution in [0.4, 0.5) is 0 Å². The summed E-state index contributed by atoms with van der Waals surface area (Å²) in [6.07, 6.45) is 3.41. The minimum atomic E-state index is -0.129. The van der Waals surface area contributed by atoms with Crippen molar-refractivity contribution in [1.29, 1.82) is 0 Å². The van der Waals surface area contributed by atoms with Gasteiger partial charge in [-0.1, -0.05) is 6.07 Å². The predicted molar refractivity (Wildman–Crippen MR) is 67.7 cm³/mol. The fraction of sp³-hybridized carbons (Fsp3) is 0.615. The molecule has 17 heavy (non-hydrogen) atoms. The van der Waals surface area contributed by atoms with E-state index in [9.17, 15) is 0 Å². The molecular formula is C13H22N2O2. The molecule has 1 unspecified atom stereocenters. The number of nitrogens with two attached hydrogens (primary N) is 1. The summed E-state index contributed by atoms with van der Waals surface area (Å²) in [5.74, 6) is 0. The molecule has 1 atom stereocenters. The van der Waals surface area contributed by atoms with E-state index < -0.39 is 0 Å². The van der Waals surface area contributed by atoms with Crippen LogP contribution >= 0.6 is 0 Å². The molecule has 0 aliphatic carbocycles. The lowest BCUT2D eigenvalue weighted by molar-refractivity contribution is -0.0506. The number of hydrogen-bond acceptors (Lipinski definition) is 4. The maximum absolute atomic E-state index is 5.68. The van der Waals surface area contributed by atoms with Crippen LogP contribution in [0.1, 0.15) is 32.4 Å². The first-order chi connectivity index (χ1) is 8.03. The first kappa shape index (κ1) is 14.1. The third-order valence-electron chi connectivity index (χ3n) is 2.21. The van der Waals surface area contributed by atoms with Crippen molar-refractivity contribution in [2.24, 2.45) is 5.73 Å². The van der Waals surface area contributed by atoms with Crippen LogP contribution < -0.4 is 5.73 Å². The van der Waals surface area contributed by atoms with Gasteiger partial charge in [0.2, 0.25) is 0 Å². The number of rotatable bonds is 6. The summed E-state index contributed by atoms with van der Waals surface area (Å²) in [5, 5.41) is 0. The molecule has 0 radical (unpaired) electrons. The zero-order valence-corrected chi connectivity index (χ0v) is 10.8. The molecule has 0 amide bonds. The average molecular weight is 238 g/mol. The molecule has 1 heterocycles. The number of aromatic nitrogens is 1. The summed E-state index contributed by atoms with van der Waals surface area (Å²) in [7, 11) is 0. The lowest BCUT2D eigenvalue weighted by Gasteiger charge is -2.21. The van der Waals surface area contributed by atoms with Crippen molar-refractivity contribution in [2.75, 3.05) is 19.8 Å². The number of pyridine rings is 1. The first-order valence-corrected chi connectivity index (χ1v) is 5.88. The van der Waals surface area contributed by atoms with Crippen LogP contribution in [0.3, 0.4) is 0 Å². The second-order valence-electron chi connectivity index (χ2n) is 4.84. The van der Waals surface area contributed by atoms with Crippen LogP contribution in [0.2, 0.25) is 0 Å². The summed E-state index contributed by atoms with van der Waals surface area (Å²) < 4.78 is 11.3. The summed E-state index contributed by atoms with van der Waals surface area (Å²) in [4.78, 5) is 4.05. The zero-order valence-electron chi connectivity index (χ0n) is 10.8. The number of nitrogens with zero attached hydrogens (tertiary/aromatic N) is 1. The third-order valence-corrected chi connectivity index (χ3v) is 2.21. The summed E-state index contributed by atoms with van der Waals surface area (Å²) >= 11 is 0. The van der Waals surface area contributed by atoms with Gasteiger partial charge in [0.15, 0.2) is 0 Å². The van der Waals surface area contributed by atoms with Crippen LogP contribution in [0.25, 0.3) is 0 Å². The average Bonchev–Trinajstić information content (AvgIpc) is 2.29. The van der Waals surface area contributed by atoms with Crippen LogP contribution in [-0.2, 0) is 9.47 Å². The molecule has 0 aromatic carbocycles. The van der Waals surface area contributed by atoms with Crippen LogP contribution in [0.15, 0.2) is 24.5 Å². The topological polar surface area (TPSA) is 57.4 Å². The second kappa shape index (κ2) is 6.69. The molecule has 1 aromatic heterocycles. The van der Waals surface area contributed by atoms with Crippen molar-refractivity contribution in [3.05, 3.63) is 30.1 Å². The van der Waals surface area contributed by atoms with Crippen molar-refractivity contribution in [2.45, 2.75) is 32.5 Å². The highest BCUT2D eigenvalue weighted by Gasteiger charge is 2.12. The first-order valence-electron chi connectivity index (χ1n) is 5.88. The Morgan fingerprint density at radius 2 is 2.12 bits per heavy atom. The van der Waals surface area contributed by atoms with Gasteiger partial charge in [-0.05, 0) is 26.8 Å². The largest absolute Gasteiger partial charge is 0.373 e. The Hall–Kier alpha value is -0.970. The van der Waals surface area contributed by atoms with Gasteiger partial charge >= 0.3 is 0 Å². The Morgan fingerprint density at radius 3 is 2.65 bits per heavy atom. The molecule has 4 heteroatoms. The fourth-order valence-electron chi connectivity index (χ4n) is 1.40. The van der Waals surface area contributed by atoms with Gasteiger partial charge in [0.25, 0.3) is 0 Å². The lowest BCUT2D eigenvalue weighted by Crippen LogP contribution is -2.24. The van der Waals surface area contributed by atoms with Gasteiger partial charge in [0.1, 0.15) is 0 Å². The monoisotopic (exact) mass is 238 g/mol. The van der Waals surface area contributed by atoms with E-state index in [-0.39, 0.29) is 11.7 Å². The van der Waals surface area contributed by atoms with Gasteiger partial charge in [-0.15, -0.1) is 0 Å². The Morgan fingerprint density at radius 1 is 1.35 bits per heavy atom. The molecular weight excluding hydrogens is 216 g/mol. The number of ether oxygens (including phenoxy) is 2. The van der Waals surface area contributed by atoms with Crippen molar-refractivity contribution >= 4 is 0 Å². The van der Waals surface area contributed by atoms with E-state index in [0.717, 1.165) is 5.56 Å². The van der Waals surface area contributed by atoms with E-state index in [2.05, 4.69) is 4.98 Å². The fourth-order valence-corrected chi connectivity index (χ4v) is 1.40. The molecule has 4 nitrogen and oxygen atoms in total. The Labute approximate surface area is 103 Å². The van der Waals surface area contributed by atoms with Gasteiger partial charge in [0, 0.05) is 24.5 Å². The molecule has 0 saturated heterocycles. The van der Waals surface area contributed by atoms with Crippen molar-refractivity contribution < 1.29 is 9.47 Å². The number of hydrogen-bond donors (Lipinski definition) is 1. The Balaban J connectivity index is 2.34. The maximum atomic E-state index is 5.68. The minimum absolute atomic E-state index is 0.104. The summed E-state index contributed by atoms with van der Waals surface area (Å²) in [6, 6.07) is 3.85. The third kappa shape index (κ3) is 5.77. The normalized spacial score (nSPS) is 13.6. The molecule has 0 aliphatic rings. The minimum Gasteiger partial charge on any atom is -0.373 e. The lowest BCUT2D eigenvalue weighted by atomic mass is 10.1. The molecule has 0 bridgehead atoms.